The molecule has 0 N–H and O–H groups in total. The molecular formula is C11H7BrClNO2S2. The van der Waals surface area contributed by atoms with Crippen LogP contribution in [-0.2, 0) is 9.53 Å². The highest BCUT2D eigenvalue weighted by Gasteiger charge is 2.22. The Bertz CT molecular complexity index is 518. The molecule has 0 saturated carbocycles. The number of rotatable bonds is 5. The lowest BCUT2D eigenvalue weighted by atomic mass is 10.0. The van der Waals surface area contributed by atoms with Gasteiger partial charge in [-0.2, -0.15) is 5.26 Å². The number of carbonyl (C=O) groups excluding carboxylic acids is 1. The molecule has 3 nitrogen and oxygen atoms in total. The molecule has 0 atom stereocenters. The Morgan fingerprint density at radius 3 is 2.44 bits per heavy atom. The van der Waals surface area contributed by atoms with Crippen LogP contribution < -0.4 is 0 Å². The van der Waals surface area contributed by atoms with E-state index >= 15 is 0 Å². The monoisotopic (exact) mass is 363 g/mol. The molecule has 0 radical (unpaired) electrons. The topological polar surface area (TPSA) is 50.1 Å². The van der Waals surface area contributed by atoms with Crippen molar-refractivity contribution in [3.63, 3.8) is 0 Å². The van der Waals surface area contributed by atoms with Crippen LogP contribution in [0.5, 0.6) is 0 Å². The van der Waals surface area contributed by atoms with Crippen molar-refractivity contribution in [3.05, 3.63) is 33.8 Å². The van der Waals surface area contributed by atoms with E-state index in [2.05, 4.69) is 27.2 Å². The van der Waals surface area contributed by atoms with Gasteiger partial charge in [0.2, 0.25) is 0 Å². The first-order valence-corrected chi connectivity index (χ1v) is 6.38. The van der Waals surface area contributed by atoms with Crippen LogP contribution in [0.4, 0.5) is 0 Å². The quantitative estimate of drug-likeness (QED) is 0.324. The summed E-state index contributed by atoms with van der Waals surface area (Å²) < 4.78 is 4.83. The third-order valence-electron chi connectivity index (χ3n) is 1.69. The average molecular weight is 365 g/mol. The van der Waals surface area contributed by atoms with E-state index in [0.29, 0.717) is 4.48 Å². The number of methoxy groups -OCH3 is 1. The zero-order valence-corrected chi connectivity index (χ0v) is 13.2. The minimum Gasteiger partial charge on any atom is -0.465 e. The summed E-state index contributed by atoms with van der Waals surface area (Å²) in [7, 11) is 1.16. The third-order valence-corrected chi connectivity index (χ3v) is 3.26. The summed E-state index contributed by atoms with van der Waals surface area (Å²) in [4.78, 5) is 11.8. The lowest BCUT2D eigenvalue weighted by Gasteiger charge is -2.09. The molecule has 0 saturated heterocycles. The zero-order chi connectivity index (χ0) is 14.3. The maximum absolute atomic E-state index is 11.5. The summed E-state index contributed by atoms with van der Waals surface area (Å²) in [6, 6.07) is 1.72. The van der Waals surface area contributed by atoms with E-state index in [1.807, 2.05) is 0 Å². The largest absolute Gasteiger partial charge is 0.465 e. The van der Waals surface area contributed by atoms with Crippen molar-refractivity contribution in [1.82, 2.24) is 0 Å². The Morgan fingerprint density at radius 2 is 2.11 bits per heavy atom. The Labute approximate surface area is 129 Å². The van der Waals surface area contributed by atoms with Gasteiger partial charge in [-0.05, 0) is 22.0 Å². The normalized spacial score (nSPS) is 11.4. The highest BCUT2D eigenvalue weighted by atomic mass is 79.9. The molecule has 7 heteroatoms. The van der Waals surface area contributed by atoms with E-state index in [9.17, 15) is 4.79 Å². The summed E-state index contributed by atoms with van der Waals surface area (Å²) in [5, 5.41) is 9.02. The van der Waals surface area contributed by atoms with Gasteiger partial charge in [-0.15, -0.1) is 0 Å². The van der Waals surface area contributed by atoms with Gasteiger partial charge in [0.05, 0.1) is 12.0 Å². The van der Waals surface area contributed by atoms with E-state index in [1.165, 1.54) is 6.08 Å². The lowest BCUT2D eigenvalue weighted by Crippen LogP contribution is -2.16. The molecule has 94 valence electrons. The molecule has 0 aliphatic heterocycles. The third kappa shape index (κ3) is 4.42. The molecule has 0 heterocycles. The summed E-state index contributed by atoms with van der Waals surface area (Å²) in [5.41, 5.74) is 0.963. The molecular weight excluding hydrogens is 358 g/mol. The van der Waals surface area contributed by atoms with E-state index in [1.54, 1.807) is 6.07 Å². The fraction of sp³-hybridized carbons (Fsp3) is 0.0909. The molecule has 0 aromatic carbocycles. The molecule has 0 fully saturated rings. The van der Waals surface area contributed by atoms with Crippen molar-refractivity contribution >= 4 is 67.7 Å². The van der Waals surface area contributed by atoms with Crippen molar-refractivity contribution in [2.24, 2.45) is 0 Å². The van der Waals surface area contributed by atoms with Crippen LogP contribution in [0.1, 0.15) is 0 Å². The molecule has 18 heavy (non-hydrogen) atoms. The van der Waals surface area contributed by atoms with Crippen LogP contribution in [0.2, 0.25) is 0 Å². The van der Waals surface area contributed by atoms with Crippen molar-refractivity contribution in [3.8, 4) is 6.07 Å². The highest BCUT2D eigenvalue weighted by molar-refractivity contribution is 9.12. The molecule has 0 bridgehead atoms. The van der Waals surface area contributed by atoms with Gasteiger partial charge >= 0.3 is 5.97 Å². The average Bonchev–Trinajstić information content (AvgIpc) is 2.34. The Hall–Kier alpha value is -0.870. The Kier molecular flexibility index (Phi) is 7.87. The molecule has 0 rings (SSSR count). The Morgan fingerprint density at radius 1 is 1.56 bits per heavy atom. The maximum atomic E-state index is 11.5. The van der Waals surface area contributed by atoms with Gasteiger partial charge in [0.25, 0.3) is 0 Å². The van der Waals surface area contributed by atoms with E-state index in [-0.39, 0.29) is 20.9 Å². The van der Waals surface area contributed by atoms with Gasteiger partial charge < -0.3 is 4.74 Å². The van der Waals surface area contributed by atoms with E-state index < -0.39 is 5.97 Å². The van der Waals surface area contributed by atoms with Crippen molar-refractivity contribution in [1.29, 1.82) is 5.26 Å². The van der Waals surface area contributed by atoms with Crippen LogP contribution in [0, 0.1) is 11.3 Å². The number of nitrogens with zero attached hydrogens (tertiary/aromatic N) is 1. The molecule has 0 aromatic heterocycles. The predicted molar refractivity (Wildman–Crippen MR) is 82.9 cm³/mol. The maximum Gasteiger partial charge on any atom is 0.349 e. The fourth-order valence-corrected chi connectivity index (χ4v) is 1.88. The first-order valence-electron chi connectivity index (χ1n) is 4.33. The zero-order valence-electron chi connectivity index (χ0n) is 9.20. The number of halogens is 2. The Balaban J connectivity index is 6.04. The number of esters is 1. The number of nitriles is 1. The summed E-state index contributed by atoms with van der Waals surface area (Å²) >= 11 is 18.6. The van der Waals surface area contributed by atoms with Crippen LogP contribution in [0.3, 0.4) is 0 Å². The number of hydrogen-bond donors (Lipinski definition) is 0. The van der Waals surface area contributed by atoms with E-state index in [0.717, 1.165) is 12.6 Å². The summed E-state index contributed by atoms with van der Waals surface area (Å²) in [6.07, 6.45) is 1.34. The van der Waals surface area contributed by atoms with Gasteiger partial charge in [0.15, 0.2) is 0 Å². The minimum atomic E-state index is -0.825. The molecule has 0 spiro atoms. The van der Waals surface area contributed by atoms with Gasteiger partial charge in [-0.25, -0.2) is 4.79 Å². The second-order valence-corrected chi connectivity index (χ2v) is 4.80. The molecule has 0 unspecified atom stereocenters. The summed E-state index contributed by atoms with van der Waals surface area (Å²) in [5.74, 6) is -0.825. The second-order valence-electron chi connectivity index (χ2n) is 2.74. The number of hydrogen-bond acceptors (Lipinski definition) is 5. The number of thiocarbonyl (C=S) groups is 2. The van der Waals surface area contributed by atoms with Crippen LogP contribution in [-0.4, -0.2) is 22.8 Å². The molecule has 0 amide bonds. The molecule has 0 aromatic rings. The van der Waals surface area contributed by atoms with Crippen molar-refractivity contribution < 1.29 is 9.53 Å². The summed E-state index contributed by atoms with van der Waals surface area (Å²) in [6.45, 7) is 3.58. The van der Waals surface area contributed by atoms with Gasteiger partial charge in [-0.3, -0.25) is 0 Å². The molecule has 0 aliphatic rings. The lowest BCUT2D eigenvalue weighted by molar-refractivity contribution is -0.135. The number of carbonyl (C=O) groups is 1. The smallest absolute Gasteiger partial charge is 0.349 e. The standard InChI is InChI=1S/C11H7BrClNO2S2/c1-6(12)10(18)9(8(17)3-4-13)7(5-14)11(15)16-2/h3-4H,1H2,2H3. The molecule has 0 aliphatic carbocycles. The SMILES string of the molecule is C=C(Br)C(=S)C(C(=S)C=CCl)=C(C#N)C(=O)OC. The van der Waals surface area contributed by atoms with Crippen molar-refractivity contribution in [2.75, 3.05) is 7.11 Å². The van der Waals surface area contributed by atoms with Crippen LogP contribution >= 0.6 is 52.0 Å². The van der Waals surface area contributed by atoms with Gasteiger partial charge in [-0.1, -0.05) is 42.6 Å². The first-order chi connectivity index (χ1) is 8.40. The predicted octanol–water partition coefficient (Wildman–Crippen LogP) is 3.38. The van der Waals surface area contributed by atoms with Crippen LogP contribution in [0.15, 0.2) is 33.8 Å². The van der Waals surface area contributed by atoms with Gasteiger partial charge in [0, 0.05) is 20.5 Å². The number of allylic oxidation sites excluding steroid dienone is 3. The first kappa shape index (κ1) is 17.1. The fourth-order valence-electron chi connectivity index (χ4n) is 0.930. The van der Waals surface area contributed by atoms with Crippen LogP contribution in [0.25, 0.3) is 0 Å². The second kappa shape index (κ2) is 8.27. The number of ether oxygens (including phenoxy) is 1. The van der Waals surface area contributed by atoms with Gasteiger partial charge in [0.1, 0.15) is 11.6 Å². The highest BCUT2D eigenvalue weighted by Crippen LogP contribution is 2.19. The van der Waals surface area contributed by atoms with E-state index in [4.69, 9.17) is 41.3 Å². The minimum absolute atomic E-state index is 0.0909. The van der Waals surface area contributed by atoms with Crippen molar-refractivity contribution in [2.45, 2.75) is 0 Å².